The second-order valence-corrected chi connectivity index (χ2v) is 6.73. The van der Waals surface area contributed by atoms with Crippen molar-refractivity contribution in [2.24, 2.45) is 0 Å². The van der Waals surface area contributed by atoms with Crippen LogP contribution in [0.3, 0.4) is 0 Å². The summed E-state index contributed by atoms with van der Waals surface area (Å²) in [6.07, 6.45) is 1.11. The quantitative estimate of drug-likeness (QED) is 0.652. The summed E-state index contributed by atoms with van der Waals surface area (Å²) in [4.78, 5) is 10.5. The molecule has 1 aliphatic heterocycles. The average Bonchev–Trinajstić information content (AvgIpc) is 3.12. The number of anilines is 1. The van der Waals surface area contributed by atoms with E-state index in [0.717, 1.165) is 10.9 Å². The Balaban J connectivity index is 1.60. The zero-order valence-electron chi connectivity index (χ0n) is 15.5. The third-order valence-electron chi connectivity index (χ3n) is 4.80. The van der Waals surface area contributed by atoms with E-state index in [2.05, 4.69) is 20.2 Å². The largest absolute Gasteiger partial charge is 0.491 e. The number of aromatic amines is 1. The van der Waals surface area contributed by atoms with Gasteiger partial charge < -0.3 is 14.4 Å². The number of hydrogen-bond donors (Lipinski definition) is 1. The number of H-pyrrole nitrogens is 1. The normalized spacial score (nSPS) is 16.5. The molecule has 0 spiro atoms. The number of nitrogens with one attached hydrogen (secondary N) is 1. The van der Waals surface area contributed by atoms with Crippen molar-refractivity contribution >= 4 is 16.7 Å². The highest BCUT2D eigenvalue weighted by Gasteiger charge is 2.34. The number of piperidine rings is 1. The lowest BCUT2D eigenvalue weighted by molar-refractivity contribution is -0.0221. The van der Waals surface area contributed by atoms with E-state index in [1.54, 1.807) is 13.2 Å². The fourth-order valence-corrected chi connectivity index (χ4v) is 3.23. The molecular weight excluding hydrogens is 368 g/mol. The van der Waals surface area contributed by atoms with E-state index in [1.165, 1.54) is 6.33 Å². The minimum Gasteiger partial charge on any atom is -0.491 e. The maximum atomic E-state index is 13.4. The summed E-state index contributed by atoms with van der Waals surface area (Å²) < 4.78 is 37.5. The first-order valence-corrected chi connectivity index (χ1v) is 9.11. The molecule has 1 aliphatic rings. The second-order valence-electron chi connectivity index (χ2n) is 6.73. The van der Waals surface area contributed by atoms with Crippen LogP contribution >= 0.6 is 0 Å². The van der Waals surface area contributed by atoms with Crippen LogP contribution in [0.15, 0.2) is 30.6 Å². The Hall–Kier alpha value is -2.81. The lowest BCUT2D eigenvalue weighted by Crippen LogP contribution is -2.39. The van der Waals surface area contributed by atoms with Gasteiger partial charge in [0.05, 0.1) is 17.8 Å². The highest BCUT2D eigenvalue weighted by molar-refractivity contribution is 5.93. The average molecular weight is 389 g/mol. The summed E-state index contributed by atoms with van der Waals surface area (Å²) in [6, 6.07) is 7.44. The Kier molecular flexibility index (Phi) is 5.08. The highest BCUT2D eigenvalue weighted by atomic mass is 19.3. The first kappa shape index (κ1) is 18.5. The number of ether oxygens (including phenoxy) is 2. The van der Waals surface area contributed by atoms with Crippen LogP contribution in [0.25, 0.3) is 22.3 Å². The summed E-state index contributed by atoms with van der Waals surface area (Å²) in [7, 11) is 1.62. The van der Waals surface area contributed by atoms with Crippen molar-refractivity contribution < 1.29 is 18.3 Å². The van der Waals surface area contributed by atoms with Crippen LogP contribution in [0.4, 0.5) is 14.6 Å². The van der Waals surface area contributed by atoms with Crippen molar-refractivity contribution in [2.75, 3.05) is 38.3 Å². The van der Waals surface area contributed by atoms with E-state index in [4.69, 9.17) is 9.47 Å². The van der Waals surface area contributed by atoms with Crippen LogP contribution in [-0.2, 0) is 4.74 Å². The maximum Gasteiger partial charge on any atom is 0.251 e. The van der Waals surface area contributed by atoms with Gasteiger partial charge in [-0.25, -0.2) is 18.7 Å². The third kappa shape index (κ3) is 3.89. The summed E-state index contributed by atoms with van der Waals surface area (Å²) in [5.74, 6) is -1.26. The Morgan fingerprint density at radius 1 is 1.14 bits per heavy atom. The smallest absolute Gasteiger partial charge is 0.251 e. The van der Waals surface area contributed by atoms with Gasteiger partial charge in [0.25, 0.3) is 5.92 Å². The van der Waals surface area contributed by atoms with Crippen LogP contribution < -0.4 is 9.64 Å². The van der Waals surface area contributed by atoms with Crippen LogP contribution in [0.1, 0.15) is 12.8 Å². The molecule has 28 heavy (non-hydrogen) atoms. The maximum absolute atomic E-state index is 13.4. The molecule has 2 aromatic heterocycles. The molecule has 3 aromatic rings. The van der Waals surface area contributed by atoms with Crippen LogP contribution in [0, 0.1) is 0 Å². The number of hydrogen-bond acceptors (Lipinski definition) is 6. The Labute approximate surface area is 160 Å². The van der Waals surface area contributed by atoms with E-state index >= 15 is 0 Å². The number of fused-ring (bicyclic) bond motifs is 1. The molecule has 1 saturated heterocycles. The van der Waals surface area contributed by atoms with Crippen molar-refractivity contribution in [1.82, 2.24) is 20.2 Å². The van der Waals surface area contributed by atoms with Gasteiger partial charge in [0.2, 0.25) is 0 Å². The molecule has 0 amide bonds. The zero-order chi connectivity index (χ0) is 19.6. The molecule has 0 radical (unpaired) electrons. The van der Waals surface area contributed by atoms with E-state index in [9.17, 15) is 8.78 Å². The molecule has 148 valence electrons. The molecule has 0 bridgehead atoms. The van der Waals surface area contributed by atoms with Gasteiger partial charge in [-0.15, -0.1) is 0 Å². The summed E-state index contributed by atoms with van der Waals surface area (Å²) >= 11 is 0. The SMILES string of the molecule is COCCOc1ccc2[nH]nc(-c3cc(N4CCC(F)(F)CC4)ncn3)c2c1. The van der Waals surface area contributed by atoms with Gasteiger partial charge in [-0.1, -0.05) is 0 Å². The van der Waals surface area contributed by atoms with Gasteiger partial charge in [-0.2, -0.15) is 5.10 Å². The number of benzene rings is 1. The van der Waals surface area contributed by atoms with Crippen molar-refractivity contribution in [3.8, 4) is 17.1 Å². The Bertz CT molecular complexity index is 952. The van der Waals surface area contributed by atoms with Crippen LogP contribution in [-0.4, -0.2) is 59.5 Å². The number of alkyl halides is 2. The molecule has 0 unspecified atom stereocenters. The second kappa shape index (κ2) is 7.67. The molecule has 0 atom stereocenters. The molecular formula is C19H21F2N5O2. The van der Waals surface area contributed by atoms with Crippen molar-refractivity contribution in [3.63, 3.8) is 0 Å². The third-order valence-corrected chi connectivity index (χ3v) is 4.80. The number of rotatable bonds is 6. The van der Waals surface area contributed by atoms with E-state index < -0.39 is 5.92 Å². The highest BCUT2D eigenvalue weighted by Crippen LogP contribution is 2.32. The van der Waals surface area contributed by atoms with Gasteiger partial charge in [0.15, 0.2) is 0 Å². The monoisotopic (exact) mass is 389 g/mol. The summed E-state index contributed by atoms with van der Waals surface area (Å²) in [6.45, 7) is 1.48. The lowest BCUT2D eigenvalue weighted by Gasteiger charge is -2.32. The minimum absolute atomic E-state index is 0.167. The van der Waals surface area contributed by atoms with Crippen molar-refractivity contribution in [3.05, 3.63) is 30.6 Å². The number of aromatic nitrogens is 4. The molecule has 0 saturated carbocycles. The van der Waals surface area contributed by atoms with Crippen LogP contribution in [0.2, 0.25) is 0 Å². The molecule has 4 rings (SSSR count). The molecule has 1 fully saturated rings. The minimum atomic E-state index is -2.59. The van der Waals surface area contributed by atoms with Gasteiger partial charge in [0, 0.05) is 44.5 Å². The molecule has 1 N–H and O–H groups in total. The van der Waals surface area contributed by atoms with Gasteiger partial charge >= 0.3 is 0 Å². The van der Waals surface area contributed by atoms with E-state index in [-0.39, 0.29) is 25.9 Å². The van der Waals surface area contributed by atoms with Crippen molar-refractivity contribution in [1.29, 1.82) is 0 Å². The molecule has 0 aliphatic carbocycles. The van der Waals surface area contributed by atoms with E-state index in [1.807, 2.05) is 23.1 Å². The first-order chi connectivity index (χ1) is 13.6. The number of nitrogens with zero attached hydrogens (tertiary/aromatic N) is 4. The fraction of sp³-hybridized carbons (Fsp3) is 0.421. The number of methoxy groups -OCH3 is 1. The van der Waals surface area contributed by atoms with Gasteiger partial charge in [0.1, 0.15) is 30.2 Å². The van der Waals surface area contributed by atoms with Gasteiger partial charge in [-0.3, -0.25) is 5.10 Å². The topological polar surface area (TPSA) is 76.2 Å². The van der Waals surface area contributed by atoms with Crippen LogP contribution in [0.5, 0.6) is 5.75 Å². The number of halogens is 2. The first-order valence-electron chi connectivity index (χ1n) is 9.11. The summed E-state index contributed by atoms with van der Waals surface area (Å²) in [5.41, 5.74) is 2.15. The lowest BCUT2D eigenvalue weighted by atomic mass is 10.1. The molecule has 3 heterocycles. The Morgan fingerprint density at radius 2 is 1.96 bits per heavy atom. The predicted molar refractivity (Wildman–Crippen MR) is 101 cm³/mol. The predicted octanol–water partition coefficient (Wildman–Crippen LogP) is 3.28. The fourth-order valence-electron chi connectivity index (χ4n) is 3.23. The summed E-state index contributed by atoms with van der Waals surface area (Å²) in [5, 5.41) is 8.23. The van der Waals surface area contributed by atoms with Crippen molar-refractivity contribution in [2.45, 2.75) is 18.8 Å². The molecule has 9 heteroatoms. The Morgan fingerprint density at radius 3 is 2.75 bits per heavy atom. The van der Waals surface area contributed by atoms with E-state index in [0.29, 0.717) is 36.2 Å². The molecule has 7 nitrogen and oxygen atoms in total. The zero-order valence-corrected chi connectivity index (χ0v) is 15.5. The van der Waals surface area contributed by atoms with Gasteiger partial charge in [-0.05, 0) is 18.2 Å². The molecule has 1 aromatic carbocycles. The standard InChI is InChI=1S/C19H21F2N5O2/c1-27-8-9-28-13-2-3-15-14(10-13)18(25-24-15)16-11-17(23-12-22-16)26-6-4-19(20,21)5-7-26/h2-3,10-12H,4-9H2,1H3,(H,24,25).